The Hall–Kier alpha value is -1.33. The lowest BCUT2D eigenvalue weighted by Gasteiger charge is -1.99. The van der Waals surface area contributed by atoms with Crippen molar-refractivity contribution in [2.45, 2.75) is 0 Å². The van der Waals surface area contributed by atoms with E-state index >= 15 is 0 Å². The lowest BCUT2D eigenvalue weighted by Crippen LogP contribution is -2.10. The van der Waals surface area contributed by atoms with Crippen LogP contribution in [0.15, 0.2) is 35.7 Å². The number of nitrogens with two attached hydrogens (primary N) is 2. The van der Waals surface area contributed by atoms with Gasteiger partial charge in [0.15, 0.2) is 0 Å². The first-order valence-electron chi connectivity index (χ1n) is 3.54. The SMILES string of the molecule is NC(=CS(N)(=O)=O)c1ccccc1. The highest BCUT2D eigenvalue weighted by Gasteiger charge is 2.00. The second kappa shape index (κ2) is 3.59. The molecular formula is C8H10N2O2S. The van der Waals surface area contributed by atoms with E-state index in [1.165, 1.54) is 0 Å². The molecule has 70 valence electrons. The molecule has 1 aromatic carbocycles. The van der Waals surface area contributed by atoms with Crippen LogP contribution in [0.1, 0.15) is 5.56 Å². The summed E-state index contributed by atoms with van der Waals surface area (Å²) in [6, 6.07) is 8.75. The van der Waals surface area contributed by atoms with Crippen LogP contribution in [0.25, 0.3) is 5.70 Å². The van der Waals surface area contributed by atoms with E-state index in [4.69, 9.17) is 10.9 Å². The Labute approximate surface area is 76.9 Å². The van der Waals surface area contributed by atoms with Crippen LogP contribution in [0.5, 0.6) is 0 Å². The van der Waals surface area contributed by atoms with Gasteiger partial charge in [-0.2, -0.15) is 0 Å². The Bertz CT molecular complexity index is 409. The normalized spacial score (nSPS) is 12.8. The van der Waals surface area contributed by atoms with E-state index in [0.717, 1.165) is 5.41 Å². The van der Waals surface area contributed by atoms with Gasteiger partial charge < -0.3 is 5.73 Å². The number of sulfonamides is 1. The minimum absolute atomic E-state index is 0.142. The Balaban J connectivity index is 3.06. The molecule has 5 heteroatoms. The van der Waals surface area contributed by atoms with Gasteiger partial charge in [-0.3, -0.25) is 0 Å². The molecular weight excluding hydrogens is 188 g/mol. The third kappa shape index (κ3) is 3.27. The van der Waals surface area contributed by atoms with E-state index in [9.17, 15) is 8.42 Å². The summed E-state index contributed by atoms with van der Waals surface area (Å²) in [5.74, 6) is 0. The van der Waals surface area contributed by atoms with Gasteiger partial charge in [0.1, 0.15) is 0 Å². The number of primary sulfonamides is 1. The molecule has 0 aromatic heterocycles. The highest BCUT2D eigenvalue weighted by atomic mass is 32.2. The number of benzene rings is 1. The van der Waals surface area contributed by atoms with Crippen molar-refractivity contribution in [1.82, 2.24) is 0 Å². The summed E-state index contributed by atoms with van der Waals surface area (Å²) in [6.45, 7) is 0. The smallest absolute Gasteiger partial charge is 0.233 e. The lowest BCUT2D eigenvalue weighted by atomic mass is 10.2. The summed E-state index contributed by atoms with van der Waals surface area (Å²) < 4.78 is 21.3. The average molecular weight is 198 g/mol. The first-order valence-corrected chi connectivity index (χ1v) is 5.15. The van der Waals surface area contributed by atoms with Crippen LogP contribution in [0.2, 0.25) is 0 Å². The number of rotatable bonds is 2. The van der Waals surface area contributed by atoms with Gasteiger partial charge in [0, 0.05) is 0 Å². The predicted octanol–water partition coefficient (Wildman–Crippen LogP) is 0.232. The molecule has 13 heavy (non-hydrogen) atoms. The summed E-state index contributed by atoms with van der Waals surface area (Å²) in [6.07, 6.45) is 0. The standard InChI is InChI=1S/C8H10N2O2S/c9-8(6-13(10,11)12)7-4-2-1-3-5-7/h1-6H,9H2,(H2,10,11,12). The molecule has 4 N–H and O–H groups in total. The summed E-state index contributed by atoms with van der Waals surface area (Å²) in [5.41, 5.74) is 6.26. The molecule has 0 spiro atoms. The fourth-order valence-electron chi connectivity index (χ4n) is 0.876. The lowest BCUT2D eigenvalue weighted by molar-refractivity contribution is 0.606. The molecule has 0 amide bonds. The highest BCUT2D eigenvalue weighted by Crippen LogP contribution is 2.07. The van der Waals surface area contributed by atoms with E-state index in [1.807, 2.05) is 6.07 Å². The maximum absolute atomic E-state index is 10.6. The van der Waals surface area contributed by atoms with Gasteiger partial charge >= 0.3 is 0 Å². The van der Waals surface area contributed by atoms with Crippen molar-refractivity contribution in [2.24, 2.45) is 10.9 Å². The molecule has 0 unspecified atom stereocenters. The predicted molar refractivity (Wildman–Crippen MR) is 51.7 cm³/mol. The van der Waals surface area contributed by atoms with Crippen LogP contribution < -0.4 is 10.9 Å². The van der Waals surface area contributed by atoms with Crippen molar-refractivity contribution in [3.05, 3.63) is 41.3 Å². The van der Waals surface area contributed by atoms with E-state index in [1.54, 1.807) is 24.3 Å². The van der Waals surface area contributed by atoms with Crippen LogP contribution in [0.3, 0.4) is 0 Å². The molecule has 0 aliphatic heterocycles. The van der Waals surface area contributed by atoms with Gasteiger partial charge in [-0.15, -0.1) is 0 Å². The third-order valence-corrected chi connectivity index (χ3v) is 1.98. The summed E-state index contributed by atoms with van der Waals surface area (Å²) >= 11 is 0. The van der Waals surface area contributed by atoms with Gasteiger partial charge in [-0.1, -0.05) is 30.3 Å². The summed E-state index contributed by atoms with van der Waals surface area (Å²) in [4.78, 5) is 0. The molecule has 0 aliphatic carbocycles. The van der Waals surface area contributed by atoms with Crippen molar-refractivity contribution in [2.75, 3.05) is 0 Å². The van der Waals surface area contributed by atoms with E-state index < -0.39 is 10.0 Å². The third-order valence-electron chi connectivity index (χ3n) is 1.40. The van der Waals surface area contributed by atoms with E-state index in [-0.39, 0.29) is 5.70 Å². The molecule has 0 atom stereocenters. The molecule has 0 saturated heterocycles. The van der Waals surface area contributed by atoms with Crippen molar-refractivity contribution in [3.8, 4) is 0 Å². The van der Waals surface area contributed by atoms with Crippen LogP contribution in [-0.2, 0) is 10.0 Å². The Morgan fingerprint density at radius 2 is 1.77 bits per heavy atom. The zero-order valence-electron chi connectivity index (χ0n) is 6.84. The molecule has 0 fully saturated rings. The second-order valence-corrected chi connectivity index (χ2v) is 3.94. The van der Waals surface area contributed by atoms with E-state index in [0.29, 0.717) is 5.56 Å². The molecule has 1 rings (SSSR count). The molecule has 0 radical (unpaired) electrons. The van der Waals surface area contributed by atoms with Crippen LogP contribution >= 0.6 is 0 Å². The van der Waals surface area contributed by atoms with Crippen molar-refractivity contribution < 1.29 is 8.42 Å². The maximum Gasteiger partial charge on any atom is 0.233 e. The molecule has 4 nitrogen and oxygen atoms in total. The summed E-state index contributed by atoms with van der Waals surface area (Å²) in [7, 11) is -3.66. The molecule has 1 aromatic rings. The van der Waals surface area contributed by atoms with Crippen molar-refractivity contribution in [1.29, 1.82) is 0 Å². The first-order chi connectivity index (χ1) is 5.99. The zero-order chi connectivity index (χ0) is 9.90. The van der Waals surface area contributed by atoms with Crippen molar-refractivity contribution >= 4 is 15.7 Å². The van der Waals surface area contributed by atoms with Crippen LogP contribution in [-0.4, -0.2) is 8.42 Å². The minimum Gasteiger partial charge on any atom is -0.398 e. The number of hydrogen-bond acceptors (Lipinski definition) is 3. The molecule has 0 aliphatic rings. The molecule has 0 bridgehead atoms. The van der Waals surface area contributed by atoms with Gasteiger partial charge in [0.2, 0.25) is 10.0 Å². The Morgan fingerprint density at radius 3 is 2.23 bits per heavy atom. The molecule has 0 heterocycles. The van der Waals surface area contributed by atoms with Gasteiger partial charge in [-0.05, 0) is 5.56 Å². The number of hydrogen-bond donors (Lipinski definition) is 2. The first kappa shape index (κ1) is 9.76. The maximum atomic E-state index is 10.6. The Kier molecular flexibility index (Phi) is 2.69. The van der Waals surface area contributed by atoms with Gasteiger partial charge in [-0.25, -0.2) is 13.6 Å². The fourth-order valence-corrected chi connectivity index (χ4v) is 1.37. The monoisotopic (exact) mass is 198 g/mol. The van der Waals surface area contributed by atoms with E-state index in [2.05, 4.69) is 0 Å². The molecule has 0 saturated carbocycles. The largest absolute Gasteiger partial charge is 0.398 e. The van der Waals surface area contributed by atoms with Crippen LogP contribution in [0.4, 0.5) is 0 Å². The Morgan fingerprint density at radius 1 is 1.23 bits per heavy atom. The average Bonchev–Trinajstić information content (AvgIpc) is 2.03. The van der Waals surface area contributed by atoms with Gasteiger partial charge in [0.05, 0.1) is 11.1 Å². The zero-order valence-corrected chi connectivity index (χ0v) is 7.66. The quantitative estimate of drug-likeness (QED) is 0.713. The minimum atomic E-state index is -3.66. The van der Waals surface area contributed by atoms with Crippen LogP contribution in [0, 0.1) is 0 Å². The summed E-state index contributed by atoms with van der Waals surface area (Å²) in [5, 5.41) is 5.63. The fraction of sp³-hybridized carbons (Fsp3) is 0. The van der Waals surface area contributed by atoms with Gasteiger partial charge in [0.25, 0.3) is 0 Å². The van der Waals surface area contributed by atoms with Crippen molar-refractivity contribution in [3.63, 3.8) is 0 Å². The second-order valence-electron chi connectivity index (χ2n) is 2.53. The highest BCUT2D eigenvalue weighted by molar-refractivity contribution is 7.92. The topological polar surface area (TPSA) is 86.2 Å².